The van der Waals surface area contributed by atoms with Gasteiger partial charge in [0, 0.05) is 58.0 Å². The van der Waals surface area contributed by atoms with Gasteiger partial charge in [-0.1, -0.05) is 50.4 Å². The van der Waals surface area contributed by atoms with Gasteiger partial charge in [0.05, 0.1) is 0 Å². The maximum absolute atomic E-state index is 13.2. The van der Waals surface area contributed by atoms with Crippen molar-refractivity contribution in [1.29, 1.82) is 0 Å². The summed E-state index contributed by atoms with van der Waals surface area (Å²) in [5, 5.41) is 9.61. The number of hydrogen-bond acceptors (Lipinski definition) is 7. The van der Waals surface area contributed by atoms with Crippen LogP contribution in [0.5, 0.6) is 0 Å². The van der Waals surface area contributed by atoms with Crippen LogP contribution in [0.1, 0.15) is 53.2 Å². The Hall–Kier alpha value is -5.00. The Labute approximate surface area is 300 Å². The van der Waals surface area contributed by atoms with Gasteiger partial charge in [-0.05, 0) is 45.0 Å². The normalized spacial score (nSPS) is 9.85. The number of halogens is 13. The lowest BCUT2D eigenvalue weighted by Crippen LogP contribution is -2.31. The Morgan fingerprint density at radius 3 is 1.17 bits per heavy atom. The summed E-state index contributed by atoms with van der Waals surface area (Å²) in [4.78, 5) is 41.4. The van der Waals surface area contributed by atoms with Crippen molar-refractivity contribution in [1.82, 2.24) is 0 Å². The number of rotatable bonds is 5. The van der Waals surface area contributed by atoms with Gasteiger partial charge in [0.1, 0.15) is 5.60 Å². The fraction of sp³-hybridized carbons (Fsp3) is 0.226. The van der Waals surface area contributed by atoms with Crippen LogP contribution in [-0.2, 0) is 35.2 Å². The van der Waals surface area contributed by atoms with E-state index in [-0.39, 0.29) is 46.2 Å². The molecular weight excluding hydrogens is 795 g/mol. The second kappa shape index (κ2) is 33.8. The van der Waals surface area contributed by atoms with E-state index in [0.29, 0.717) is 0 Å². The summed E-state index contributed by atoms with van der Waals surface area (Å²) >= 11 is 0. The van der Waals surface area contributed by atoms with Gasteiger partial charge in [-0.3, -0.25) is 33.0 Å². The highest BCUT2D eigenvalue weighted by molar-refractivity contribution is 7.79. The molecule has 0 aliphatic rings. The molecule has 0 bridgehead atoms. The Morgan fingerprint density at radius 1 is 0.593 bits per heavy atom. The van der Waals surface area contributed by atoms with E-state index in [1.165, 1.54) is 57.2 Å². The van der Waals surface area contributed by atoms with Gasteiger partial charge in [0.25, 0.3) is 0 Å². The summed E-state index contributed by atoms with van der Waals surface area (Å²) in [6, 6.07) is 12.0. The van der Waals surface area contributed by atoms with E-state index in [2.05, 4.69) is 6.58 Å². The lowest BCUT2D eigenvalue weighted by molar-refractivity contribution is -0.134. The van der Waals surface area contributed by atoms with Crippen LogP contribution in [0.4, 0.5) is 58.5 Å². The second-order valence-corrected chi connectivity index (χ2v) is 9.74. The van der Waals surface area contributed by atoms with Crippen molar-refractivity contribution in [2.45, 2.75) is 47.6 Å². The average molecular weight is 831 g/mol. The topological polar surface area (TPSA) is 163 Å². The molecule has 9 nitrogen and oxygen atoms in total. The van der Waals surface area contributed by atoms with E-state index in [0.717, 1.165) is 38.1 Å². The summed E-state index contributed by atoms with van der Waals surface area (Å²) < 4.78 is 155. The van der Waals surface area contributed by atoms with E-state index < -0.39 is 56.7 Å². The van der Waals surface area contributed by atoms with Crippen molar-refractivity contribution in [3.8, 4) is 0 Å². The lowest BCUT2D eigenvalue weighted by Gasteiger charge is -2.20. The molecule has 0 heterocycles. The molecule has 0 aliphatic carbocycles. The molecule has 23 heteroatoms. The molecule has 3 aromatic rings. The Morgan fingerprint density at radius 2 is 0.889 bits per heavy atom. The lowest BCUT2D eigenvalue weighted by atomic mass is 9.92. The third kappa shape index (κ3) is 29.6. The fourth-order valence-corrected chi connectivity index (χ4v) is 2.44. The smallest absolute Gasteiger partial charge is 0.377 e. The van der Waals surface area contributed by atoms with E-state index in [9.17, 15) is 50.6 Å². The zero-order chi connectivity index (χ0) is 42.6. The standard InChI is InChI=1S/C10H10F2O2.C10H8F2O.C6H4F2.C4H6O2.CH4.3F2.FH.H2O4S/c1-6(13)10(2,14)7-4-3-5-8(11)9(7)12;1-6(7(2)13)8-4-3-5-9(11)10(8)12;7-5-3-1-2-4-6(5)8;1-3(5)4(2)6;;3*1-2;;1-5(2,3)4/h3-5,14H,1-2H3;3-5H,1H2,2H3;1-4H;1-2H3;1H4;;;;1H;(H2,1,2,3,4). The molecule has 3 rings (SSSR count). The minimum Gasteiger partial charge on any atom is -0.377 e. The quantitative estimate of drug-likeness (QED) is 0.0985. The largest absolute Gasteiger partial charge is 0.394 e. The molecule has 0 aliphatic heterocycles. The maximum atomic E-state index is 13.2. The number of allylic oxidation sites excluding steroid dienone is 1. The molecule has 0 saturated heterocycles. The van der Waals surface area contributed by atoms with Crippen molar-refractivity contribution in [2.24, 2.45) is 0 Å². The number of hydrogen-bond donors (Lipinski definition) is 3. The Kier molecular flexibility index (Phi) is 40.1. The first-order valence-electron chi connectivity index (χ1n) is 12.7. The summed E-state index contributed by atoms with van der Waals surface area (Å²) in [5.74, 6) is -7.63. The predicted octanol–water partition coefficient (Wildman–Crippen LogP) is 9.11. The van der Waals surface area contributed by atoms with Gasteiger partial charge < -0.3 is 5.11 Å². The molecular formula is C31H35F13O9S. The summed E-state index contributed by atoms with van der Waals surface area (Å²) in [6.45, 7) is 9.38. The van der Waals surface area contributed by atoms with Crippen LogP contribution in [0.2, 0.25) is 0 Å². The van der Waals surface area contributed by atoms with Gasteiger partial charge in [0.15, 0.2) is 58.0 Å². The van der Waals surface area contributed by atoms with Crippen LogP contribution in [0, 0.1) is 34.9 Å². The fourth-order valence-electron chi connectivity index (χ4n) is 2.44. The zero-order valence-corrected chi connectivity index (χ0v) is 28.4. The van der Waals surface area contributed by atoms with Crippen molar-refractivity contribution in [3.63, 3.8) is 0 Å². The van der Waals surface area contributed by atoms with Crippen LogP contribution < -0.4 is 0 Å². The van der Waals surface area contributed by atoms with Gasteiger partial charge in [-0.2, -0.15) is 8.42 Å². The van der Waals surface area contributed by atoms with E-state index >= 15 is 0 Å². The first-order chi connectivity index (χ1) is 23.9. The molecule has 3 N–H and O–H groups in total. The van der Waals surface area contributed by atoms with Crippen molar-refractivity contribution >= 4 is 39.1 Å². The number of ketones is 4. The van der Waals surface area contributed by atoms with Crippen LogP contribution in [0.15, 0.2) is 67.2 Å². The Balaban J connectivity index is -0.000000102. The number of aliphatic hydroxyl groups is 1. The molecule has 3 aromatic carbocycles. The van der Waals surface area contributed by atoms with Crippen LogP contribution >= 0.6 is 0 Å². The molecule has 54 heavy (non-hydrogen) atoms. The summed E-state index contributed by atoms with van der Waals surface area (Å²) in [7, 11) is -4.67. The summed E-state index contributed by atoms with van der Waals surface area (Å²) in [5.41, 5.74) is -2.42. The van der Waals surface area contributed by atoms with E-state index in [4.69, 9.17) is 45.0 Å². The second-order valence-electron chi connectivity index (χ2n) is 8.84. The minimum absolute atomic E-state index is 0. The minimum atomic E-state index is -4.67. The van der Waals surface area contributed by atoms with Crippen molar-refractivity contribution in [3.05, 3.63) is 113 Å². The SMILES string of the molecule is C.C=C(C(C)=O)c1cccc(F)c1F.CC(=O)C(C)(O)c1cccc(F)c1F.CC(=O)C(C)=O.F.FF.FF.FF.Fc1ccccc1F.O=S(=O)(O)O. The van der Waals surface area contributed by atoms with E-state index in [1.807, 2.05) is 0 Å². The highest BCUT2D eigenvalue weighted by Gasteiger charge is 2.32. The van der Waals surface area contributed by atoms with E-state index in [1.54, 1.807) is 0 Å². The van der Waals surface area contributed by atoms with Gasteiger partial charge >= 0.3 is 10.4 Å². The monoisotopic (exact) mass is 830 g/mol. The average Bonchev–Trinajstić information content (AvgIpc) is 3.07. The molecule has 1 atom stereocenters. The van der Waals surface area contributed by atoms with Crippen molar-refractivity contribution in [2.75, 3.05) is 0 Å². The zero-order valence-electron chi connectivity index (χ0n) is 27.6. The molecule has 0 saturated carbocycles. The third-order valence-corrected chi connectivity index (χ3v) is 5.18. The van der Waals surface area contributed by atoms with Gasteiger partial charge in [-0.25, -0.2) is 26.3 Å². The highest BCUT2D eigenvalue weighted by atomic mass is 32.3. The van der Waals surface area contributed by atoms with Crippen LogP contribution in [0.3, 0.4) is 0 Å². The first-order valence-corrected chi connectivity index (χ1v) is 14.1. The number of benzene rings is 3. The van der Waals surface area contributed by atoms with Crippen LogP contribution in [0.25, 0.3) is 5.57 Å². The summed E-state index contributed by atoms with van der Waals surface area (Å²) in [6.07, 6.45) is 0. The number of carbonyl (C=O) groups is 4. The number of Topliss-reactive ketones (excluding diaryl/α,β-unsaturated/α-hetero) is 4. The van der Waals surface area contributed by atoms with Crippen molar-refractivity contribution < 1.29 is 100 Å². The molecule has 0 aromatic heterocycles. The van der Waals surface area contributed by atoms with Crippen LogP contribution in [-0.4, -0.2) is 45.8 Å². The van der Waals surface area contributed by atoms with Gasteiger partial charge in [-0.15, -0.1) is 0 Å². The van der Waals surface area contributed by atoms with Gasteiger partial charge in [0.2, 0.25) is 0 Å². The predicted molar refractivity (Wildman–Crippen MR) is 170 cm³/mol. The highest BCUT2D eigenvalue weighted by Crippen LogP contribution is 2.25. The Bertz CT molecular complexity index is 1630. The number of carbonyl (C=O) groups excluding carboxylic acids is 4. The molecule has 0 spiro atoms. The maximum Gasteiger partial charge on any atom is 0.394 e. The molecule has 0 radical (unpaired) electrons. The molecule has 0 fully saturated rings. The molecule has 0 amide bonds. The first kappa shape index (κ1) is 64.0. The molecule has 1 unspecified atom stereocenters. The third-order valence-electron chi connectivity index (χ3n) is 5.18. The molecule has 310 valence electrons.